The fourth-order valence-corrected chi connectivity index (χ4v) is 1.87. The van der Waals surface area contributed by atoms with Gasteiger partial charge < -0.3 is 5.73 Å². The molecule has 0 radical (unpaired) electrons. The van der Waals surface area contributed by atoms with E-state index in [-0.39, 0.29) is 5.56 Å². The highest BCUT2D eigenvalue weighted by Crippen LogP contribution is 2.09. The Morgan fingerprint density at radius 1 is 1.69 bits per heavy atom. The van der Waals surface area contributed by atoms with Crippen LogP contribution in [0.4, 0.5) is 0 Å². The van der Waals surface area contributed by atoms with E-state index in [0.717, 1.165) is 5.01 Å². The summed E-state index contributed by atoms with van der Waals surface area (Å²) in [5.74, 6) is 0. The maximum Gasteiger partial charge on any atom is 0.275 e. The summed E-state index contributed by atoms with van der Waals surface area (Å²) in [5, 5.41) is 4.72. The second-order valence-electron chi connectivity index (χ2n) is 2.63. The number of rotatable bonds is 1. The SMILES string of the molecule is Cc1cc(=O)n2nc(CN)sc2n1. The van der Waals surface area contributed by atoms with E-state index in [4.69, 9.17) is 5.73 Å². The van der Waals surface area contributed by atoms with Crippen molar-refractivity contribution in [2.45, 2.75) is 13.5 Å². The molecular weight excluding hydrogens is 188 g/mol. The molecule has 0 saturated heterocycles. The first-order valence-corrected chi connectivity index (χ1v) is 4.59. The minimum Gasteiger partial charge on any atom is -0.324 e. The van der Waals surface area contributed by atoms with E-state index in [1.807, 2.05) is 0 Å². The largest absolute Gasteiger partial charge is 0.324 e. The van der Waals surface area contributed by atoms with E-state index in [2.05, 4.69) is 10.1 Å². The predicted octanol–water partition coefficient (Wildman–Crippen LogP) is -0.0819. The lowest BCUT2D eigenvalue weighted by Crippen LogP contribution is -2.14. The Balaban J connectivity index is 2.83. The Kier molecular flexibility index (Phi) is 1.86. The second kappa shape index (κ2) is 2.90. The van der Waals surface area contributed by atoms with Crippen molar-refractivity contribution in [3.05, 3.63) is 27.1 Å². The Morgan fingerprint density at radius 2 is 2.46 bits per heavy atom. The number of hydrogen-bond donors (Lipinski definition) is 1. The average Bonchev–Trinajstić information content (AvgIpc) is 2.47. The highest BCUT2D eigenvalue weighted by atomic mass is 32.1. The molecule has 0 aromatic carbocycles. The van der Waals surface area contributed by atoms with E-state index in [0.29, 0.717) is 17.2 Å². The minimum atomic E-state index is -0.154. The van der Waals surface area contributed by atoms with E-state index >= 15 is 0 Å². The number of fused-ring (bicyclic) bond motifs is 1. The third-order valence-corrected chi connectivity index (χ3v) is 2.52. The minimum absolute atomic E-state index is 0.154. The molecule has 0 atom stereocenters. The van der Waals surface area contributed by atoms with Gasteiger partial charge in [0.25, 0.3) is 5.56 Å². The molecule has 2 aromatic rings. The van der Waals surface area contributed by atoms with Crippen molar-refractivity contribution in [1.82, 2.24) is 14.6 Å². The van der Waals surface area contributed by atoms with Crippen LogP contribution in [0.5, 0.6) is 0 Å². The highest BCUT2D eigenvalue weighted by molar-refractivity contribution is 7.16. The van der Waals surface area contributed by atoms with Gasteiger partial charge in [0.05, 0.1) is 0 Å². The third-order valence-electron chi connectivity index (χ3n) is 1.59. The smallest absolute Gasteiger partial charge is 0.275 e. The number of nitrogens with zero attached hydrogens (tertiary/aromatic N) is 3. The van der Waals surface area contributed by atoms with Crippen molar-refractivity contribution in [2.24, 2.45) is 5.73 Å². The van der Waals surface area contributed by atoms with E-state index in [1.165, 1.54) is 21.9 Å². The molecule has 0 aliphatic rings. The van der Waals surface area contributed by atoms with Gasteiger partial charge in [-0.2, -0.15) is 9.61 Å². The molecule has 2 rings (SSSR count). The summed E-state index contributed by atoms with van der Waals surface area (Å²) in [4.78, 5) is 16.1. The first kappa shape index (κ1) is 8.33. The summed E-state index contributed by atoms with van der Waals surface area (Å²) >= 11 is 1.34. The molecule has 0 spiro atoms. The molecule has 0 fully saturated rings. The molecule has 6 heteroatoms. The topological polar surface area (TPSA) is 73.3 Å². The highest BCUT2D eigenvalue weighted by Gasteiger charge is 2.05. The molecule has 2 aromatic heterocycles. The van der Waals surface area contributed by atoms with Crippen LogP contribution in [-0.4, -0.2) is 14.6 Å². The lowest BCUT2D eigenvalue weighted by Gasteiger charge is -1.89. The zero-order valence-electron chi connectivity index (χ0n) is 7.02. The van der Waals surface area contributed by atoms with Gasteiger partial charge in [0.1, 0.15) is 5.01 Å². The second-order valence-corrected chi connectivity index (χ2v) is 3.67. The molecule has 0 aliphatic heterocycles. The van der Waals surface area contributed by atoms with Crippen molar-refractivity contribution in [2.75, 3.05) is 0 Å². The van der Waals surface area contributed by atoms with Crippen molar-refractivity contribution < 1.29 is 0 Å². The van der Waals surface area contributed by atoms with Crippen LogP contribution in [0.25, 0.3) is 4.96 Å². The quantitative estimate of drug-likeness (QED) is 0.692. The Labute approximate surface area is 77.8 Å². The predicted molar refractivity (Wildman–Crippen MR) is 49.8 cm³/mol. The van der Waals surface area contributed by atoms with Gasteiger partial charge in [0.2, 0.25) is 4.96 Å². The molecule has 0 amide bonds. The average molecular weight is 196 g/mol. The fourth-order valence-electron chi connectivity index (χ4n) is 1.04. The lowest BCUT2D eigenvalue weighted by atomic mass is 10.5. The Morgan fingerprint density at radius 3 is 3.15 bits per heavy atom. The van der Waals surface area contributed by atoms with Crippen molar-refractivity contribution >= 4 is 16.3 Å². The molecule has 0 aliphatic carbocycles. The first-order chi connectivity index (χ1) is 6.20. The Hall–Kier alpha value is -1.27. The molecular formula is C7H8N4OS. The standard InChI is InChI=1S/C7H8N4OS/c1-4-2-6(12)11-7(9-4)13-5(3-8)10-11/h2H,3,8H2,1H3. The summed E-state index contributed by atoms with van der Waals surface area (Å²) in [5.41, 5.74) is 5.96. The normalized spacial score (nSPS) is 10.9. The molecule has 5 nitrogen and oxygen atoms in total. The summed E-state index contributed by atoms with van der Waals surface area (Å²) in [6.07, 6.45) is 0. The monoisotopic (exact) mass is 196 g/mol. The third kappa shape index (κ3) is 1.34. The first-order valence-electron chi connectivity index (χ1n) is 3.77. The number of aryl methyl sites for hydroxylation is 1. The fraction of sp³-hybridized carbons (Fsp3) is 0.286. The number of nitrogens with two attached hydrogens (primary N) is 1. The van der Waals surface area contributed by atoms with Crippen LogP contribution >= 0.6 is 11.3 Å². The van der Waals surface area contributed by atoms with E-state index in [1.54, 1.807) is 6.92 Å². The molecule has 13 heavy (non-hydrogen) atoms. The molecule has 0 unspecified atom stereocenters. The summed E-state index contributed by atoms with van der Waals surface area (Å²) in [6.45, 7) is 2.12. The van der Waals surface area contributed by atoms with Gasteiger partial charge >= 0.3 is 0 Å². The van der Waals surface area contributed by atoms with Gasteiger partial charge in [-0.1, -0.05) is 11.3 Å². The summed E-state index contributed by atoms with van der Waals surface area (Å²) in [7, 11) is 0. The van der Waals surface area contributed by atoms with Crippen molar-refractivity contribution in [3.63, 3.8) is 0 Å². The van der Waals surface area contributed by atoms with Gasteiger partial charge in [0, 0.05) is 18.3 Å². The molecule has 0 bridgehead atoms. The van der Waals surface area contributed by atoms with Crippen LogP contribution in [-0.2, 0) is 6.54 Å². The lowest BCUT2D eigenvalue weighted by molar-refractivity contribution is 0.846. The summed E-state index contributed by atoms with van der Waals surface area (Å²) in [6, 6.07) is 1.45. The number of aromatic nitrogens is 3. The van der Waals surface area contributed by atoms with Crippen LogP contribution in [0.1, 0.15) is 10.7 Å². The number of hydrogen-bond acceptors (Lipinski definition) is 5. The van der Waals surface area contributed by atoms with Crippen LogP contribution in [0.15, 0.2) is 10.9 Å². The van der Waals surface area contributed by atoms with Gasteiger partial charge in [-0.05, 0) is 6.92 Å². The molecule has 0 saturated carbocycles. The molecule has 2 heterocycles. The van der Waals surface area contributed by atoms with Crippen molar-refractivity contribution in [3.8, 4) is 0 Å². The molecule has 68 valence electrons. The van der Waals surface area contributed by atoms with Gasteiger partial charge in [-0.15, -0.1) is 0 Å². The van der Waals surface area contributed by atoms with Crippen molar-refractivity contribution in [1.29, 1.82) is 0 Å². The van der Waals surface area contributed by atoms with Crippen LogP contribution in [0, 0.1) is 6.92 Å². The van der Waals surface area contributed by atoms with E-state index < -0.39 is 0 Å². The van der Waals surface area contributed by atoms with Gasteiger partial charge in [-0.25, -0.2) is 4.98 Å². The van der Waals surface area contributed by atoms with Crippen LogP contribution in [0.2, 0.25) is 0 Å². The zero-order chi connectivity index (χ0) is 9.42. The van der Waals surface area contributed by atoms with Crippen LogP contribution < -0.4 is 11.3 Å². The Bertz CT molecular complexity index is 501. The summed E-state index contributed by atoms with van der Waals surface area (Å²) < 4.78 is 1.28. The maximum absolute atomic E-state index is 11.4. The maximum atomic E-state index is 11.4. The van der Waals surface area contributed by atoms with Crippen LogP contribution in [0.3, 0.4) is 0 Å². The van der Waals surface area contributed by atoms with Gasteiger partial charge in [0.15, 0.2) is 0 Å². The zero-order valence-corrected chi connectivity index (χ0v) is 7.84. The van der Waals surface area contributed by atoms with Gasteiger partial charge in [-0.3, -0.25) is 4.79 Å². The molecule has 2 N–H and O–H groups in total. The van der Waals surface area contributed by atoms with E-state index in [9.17, 15) is 4.79 Å².